The monoisotopic (exact) mass is 297 g/mol. The highest BCUT2D eigenvalue weighted by atomic mass is 35.5. The molecule has 6 heteroatoms. The summed E-state index contributed by atoms with van der Waals surface area (Å²) in [7, 11) is 0. The molecule has 0 saturated heterocycles. The Bertz CT molecular complexity index is 544. The van der Waals surface area contributed by atoms with Gasteiger partial charge in [0.1, 0.15) is 23.1 Å². The number of ether oxygens (including phenoxy) is 1. The van der Waals surface area contributed by atoms with Crippen molar-refractivity contribution in [3.63, 3.8) is 0 Å². The molecule has 0 spiro atoms. The molecule has 1 aromatic carbocycles. The SMILES string of the molecule is CCCNc1snnc1COc1cc(C)ccc1Cl. The van der Waals surface area contributed by atoms with E-state index in [0.29, 0.717) is 17.4 Å². The van der Waals surface area contributed by atoms with Crippen LogP contribution in [0.5, 0.6) is 5.75 Å². The molecule has 0 aliphatic carbocycles. The number of nitrogens with one attached hydrogen (secondary N) is 1. The standard InChI is InChI=1S/C13H16ClN3OS/c1-3-6-15-13-11(16-17-19-13)8-18-12-7-9(2)4-5-10(12)14/h4-5,7,15H,3,6,8H2,1-2H3. The lowest BCUT2D eigenvalue weighted by Crippen LogP contribution is -2.04. The number of halogens is 1. The maximum atomic E-state index is 6.09. The number of hydrogen-bond acceptors (Lipinski definition) is 5. The number of aryl methyl sites for hydroxylation is 1. The van der Waals surface area contributed by atoms with Crippen LogP contribution in [0.25, 0.3) is 0 Å². The molecular formula is C13H16ClN3OS. The van der Waals surface area contributed by atoms with Crippen LogP contribution in [0.4, 0.5) is 5.00 Å². The molecule has 19 heavy (non-hydrogen) atoms. The van der Waals surface area contributed by atoms with Gasteiger partial charge in [-0.05, 0) is 31.0 Å². The third-order valence-electron chi connectivity index (χ3n) is 2.54. The first-order valence-corrected chi connectivity index (χ1v) is 7.30. The molecule has 0 saturated carbocycles. The van der Waals surface area contributed by atoms with Crippen molar-refractivity contribution >= 4 is 28.1 Å². The second kappa shape index (κ2) is 6.73. The quantitative estimate of drug-likeness (QED) is 0.878. The van der Waals surface area contributed by atoms with Crippen LogP contribution in [0.2, 0.25) is 5.02 Å². The molecule has 4 nitrogen and oxygen atoms in total. The Hall–Kier alpha value is -1.33. The predicted molar refractivity (Wildman–Crippen MR) is 79.2 cm³/mol. The molecule has 0 aliphatic rings. The van der Waals surface area contributed by atoms with Crippen molar-refractivity contribution in [2.24, 2.45) is 0 Å². The van der Waals surface area contributed by atoms with Crippen molar-refractivity contribution in [1.82, 2.24) is 9.59 Å². The van der Waals surface area contributed by atoms with Crippen LogP contribution in [-0.4, -0.2) is 16.1 Å². The molecule has 0 atom stereocenters. The summed E-state index contributed by atoms with van der Waals surface area (Å²) < 4.78 is 9.66. The van der Waals surface area contributed by atoms with E-state index in [4.69, 9.17) is 16.3 Å². The van der Waals surface area contributed by atoms with Gasteiger partial charge in [-0.3, -0.25) is 0 Å². The molecule has 0 unspecified atom stereocenters. The molecule has 0 aliphatic heterocycles. The molecular weight excluding hydrogens is 282 g/mol. The van der Waals surface area contributed by atoms with Gasteiger partial charge in [-0.15, -0.1) is 5.10 Å². The van der Waals surface area contributed by atoms with Gasteiger partial charge in [0.05, 0.1) is 5.02 Å². The van der Waals surface area contributed by atoms with Crippen LogP contribution in [-0.2, 0) is 6.61 Å². The van der Waals surface area contributed by atoms with E-state index in [0.717, 1.165) is 29.2 Å². The minimum absolute atomic E-state index is 0.367. The summed E-state index contributed by atoms with van der Waals surface area (Å²) in [5.41, 5.74) is 1.93. The highest BCUT2D eigenvalue weighted by Crippen LogP contribution is 2.27. The average Bonchev–Trinajstić information content (AvgIpc) is 2.85. The normalized spacial score (nSPS) is 10.5. The lowest BCUT2D eigenvalue weighted by atomic mass is 10.2. The fourth-order valence-electron chi connectivity index (χ4n) is 1.54. The molecule has 1 heterocycles. The summed E-state index contributed by atoms with van der Waals surface area (Å²) in [6.45, 7) is 5.39. The zero-order chi connectivity index (χ0) is 13.7. The van der Waals surface area contributed by atoms with Gasteiger partial charge in [-0.25, -0.2) is 0 Å². The highest BCUT2D eigenvalue weighted by Gasteiger charge is 2.09. The van der Waals surface area contributed by atoms with E-state index < -0.39 is 0 Å². The van der Waals surface area contributed by atoms with Gasteiger partial charge < -0.3 is 10.1 Å². The van der Waals surface area contributed by atoms with Gasteiger partial charge in [-0.1, -0.05) is 29.1 Å². The topological polar surface area (TPSA) is 47.0 Å². The smallest absolute Gasteiger partial charge is 0.138 e. The van der Waals surface area contributed by atoms with E-state index in [1.807, 2.05) is 25.1 Å². The number of rotatable bonds is 6. The van der Waals surface area contributed by atoms with Crippen LogP contribution in [0.15, 0.2) is 18.2 Å². The van der Waals surface area contributed by atoms with Gasteiger partial charge in [0.2, 0.25) is 0 Å². The lowest BCUT2D eigenvalue weighted by Gasteiger charge is -2.08. The van der Waals surface area contributed by atoms with Crippen molar-refractivity contribution in [2.45, 2.75) is 26.9 Å². The number of benzene rings is 1. The van der Waals surface area contributed by atoms with Crippen LogP contribution in [0.3, 0.4) is 0 Å². The van der Waals surface area contributed by atoms with Crippen molar-refractivity contribution in [1.29, 1.82) is 0 Å². The number of anilines is 1. The van der Waals surface area contributed by atoms with Gasteiger partial charge in [0, 0.05) is 18.1 Å². The summed E-state index contributed by atoms with van der Waals surface area (Å²) in [5, 5.41) is 8.93. The van der Waals surface area contributed by atoms with Gasteiger partial charge in [0.15, 0.2) is 0 Å². The van der Waals surface area contributed by atoms with Crippen LogP contribution >= 0.6 is 23.1 Å². The third kappa shape index (κ3) is 3.81. The molecule has 0 fully saturated rings. The number of aromatic nitrogens is 2. The third-order valence-corrected chi connectivity index (χ3v) is 3.58. The van der Waals surface area contributed by atoms with E-state index >= 15 is 0 Å². The Morgan fingerprint density at radius 1 is 1.42 bits per heavy atom. The van der Waals surface area contributed by atoms with Crippen LogP contribution in [0, 0.1) is 6.92 Å². The van der Waals surface area contributed by atoms with E-state index in [1.54, 1.807) is 0 Å². The fraction of sp³-hybridized carbons (Fsp3) is 0.385. The van der Waals surface area contributed by atoms with Gasteiger partial charge in [-0.2, -0.15) is 0 Å². The molecule has 2 rings (SSSR count). The molecule has 2 aromatic rings. The van der Waals surface area contributed by atoms with E-state index in [-0.39, 0.29) is 0 Å². The van der Waals surface area contributed by atoms with Crippen molar-refractivity contribution in [3.05, 3.63) is 34.5 Å². The van der Waals surface area contributed by atoms with E-state index in [9.17, 15) is 0 Å². The van der Waals surface area contributed by atoms with Crippen molar-refractivity contribution in [3.8, 4) is 5.75 Å². The second-order valence-corrected chi connectivity index (χ2v) is 5.36. The minimum Gasteiger partial charge on any atom is -0.486 e. The summed E-state index contributed by atoms with van der Waals surface area (Å²) >= 11 is 7.43. The molecule has 102 valence electrons. The maximum absolute atomic E-state index is 6.09. The predicted octanol–water partition coefficient (Wildman–Crippen LogP) is 3.90. The summed E-state index contributed by atoms with van der Waals surface area (Å²) in [4.78, 5) is 0. The van der Waals surface area contributed by atoms with E-state index in [2.05, 4.69) is 21.8 Å². The van der Waals surface area contributed by atoms with Crippen LogP contribution in [0.1, 0.15) is 24.6 Å². The zero-order valence-electron chi connectivity index (χ0n) is 10.9. The van der Waals surface area contributed by atoms with Crippen molar-refractivity contribution in [2.75, 3.05) is 11.9 Å². The first-order chi connectivity index (χ1) is 9.20. The van der Waals surface area contributed by atoms with Crippen molar-refractivity contribution < 1.29 is 4.74 Å². The van der Waals surface area contributed by atoms with Crippen LogP contribution < -0.4 is 10.1 Å². The fourth-order valence-corrected chi connectivity index (χ4v) is 2.31. The number of nitrogens with zero attached hydrogens (tertiary/aromatic N) is 2. The van der Waals surface area contributed by atoms with Gasteiger partial charge in [0.25, 0.3) is 0 Å². The first-order valence-electron chi connectivity index (χ1n) is 6.14. The Labute approximate surface area is 121 Å². The Balaban J connectivity index is 2.02. The molecule has 0 amide bonds. The summed E-state index contributed by atoms with van der Waals surface area (Å²) in [5.74, 6) is 0.677. The maximum Gasteiger partial charge on any atom is 0.138 e. The molecule has 0 bridgehead atoms. The zero-order valence-corrected chi connectivity index (χ0v) is 12.5. The highest BCUT2D eigenvalue weighted by molar-refractivity contribution is 7.10. The molecule has 0 radical (unpaired) electrons. The second-order valence-electron chi connectivity index (χ2n) is 4.20. The first kappa shape index (κ1) is 14.1. The number of hydrogen-bond donors (Lipinski definition) is 1. The Kier molecular flexibility index (Phi) is 4.99. The lowest BCUT2D eigenvalue weighted by molar-refractivity contribution is 0.301. The van der Waals surface area contributed by atoms with E-state index in [1.165, 1.54) is 11.5 Å². The largest absolute Gasteiger partial charge is 0.486 e. The Morgan fingerprint density at radius 3 is 3.05 bits per heavy atom. The van der Waals surface area contributed by atoms with Gasteiger partial charge >= 0.3 is 0 Å². The average molecular weight is 298 g/mol. The summed E-state index contributed by atoms with van der Waals surface area (Å²) in [6, 6.07) is 5.71. The minimum atomic E-state index is 0.367. The molecule has 1 N–H and O–H groups in total. The Morgan fingerprint density at radius 2 is 2.26 bits per heavy atom. The summed E-state index contributed by atoms with van der Waals surface area (Å²) in [6.07, 6.45) is 1.06. The molecule has 1 aromatic heterocycles.